The number of nitrogens with one attached hydrogen (secondary N) is 1. The molecular formula is C16H21N3S. The van der Waals surface area contributed by atoms with Crippen LogP contribution in [0.15, 0.2) is 41.6 Å². The van der Waals surface area contributed by atoms with Crippen molar-refractivity contribution in [3.8, 4) is 0 Å². The first kappa shape index (κ1) is 13.7. The lowest BCUT2D eigenvalue weighted by Gasteiger charge is -2.10. The SMILES string of the molecule is CCNC(C)c1cnn(CC2Cc3ccccc3S2)c1. The van der Waals surface area contributed by atoms with Gasteiger partial charge < -0.3 is 5.32 Å². The van der Waals surface area contributed by atoms with Gasteiger partial charge in [-0.1, -0.05) is 25.1 Å². The average Bonchev–Trinajstić information content (AvgIpc) is 3.05. The lowest BCUT2D eigenvalue weighted by Crippen LogP contribution is -2.17. The summed E-state index contributed by atoms with van der Waals surface area (Å²) in [5, 5.41) is 8.54. The predicted molar refractivity (Wildman–Crippen MR) is 84.1 cm³/mol. The minimum Gasteiger partial charge on any atom is -0.310 e. The minimum absolute atomic E-state index is 0.377. The Bertz CT molecular complexity index is 554. The van der Waals surface area contributed by atoms with Gasteiger partial charge in [-0.05, 0) is 31.5 Å². The van der Waals surface area contributed by atoms with E-state index in [1.165, 1.54) is 16.0 Å². The number of hydrogen-bond donors (Lipinski definition) is 1. The van der Waals surface area contributed by atoms with Gasteiger partial charge in [0.1, 0.15) is 0 Å². The second-order valence-electron chi connectivity index (χ2n) is 5.33. The predicted octanol–water partition coefficient (Wildman–Crippen LogP) is 3.27. The molecule has 0 radical (unpaired) electrons. The van der Waals surface area contributed by atoms with Gasteiger partial charge in [0.25, 0.3) is 0 Å². The Morgan fingerprint density at radius 2 is 2.30 bits per heavy atom. The second-order valence-corrected chi connectivity index (χ2v) is 6.67. The van der Waals surface area contributed by atoms with Crippen LogP contribution in [-0.2, 0) is 13.0 Å². The highest BCUT2D eigenvalue weighted by atomic mass is 32.2. The standard InChI is InChI=1S/C16H21N3S/c1-3-17-12(2)14-9-18-19(10-14)11-15-8-13-6-4-5-7-16(13)20-15/h4-7,9-10,12,15,17H,3,8,11H2,1-2H3. The molecule has 0 amide bonds. The minimum atomic E-state index is 0.377. The third kappa shape index (κ3) is 2.91. The van der Waals surface area contributed by atoms with Crippen LogP contribution < -0.4 is 5.32 Å². The average molecular weight is 287 g/mol. The fraction of sp³-hybridized carbons (Fsp3) is 0.438. The van der Waals surface area contributed by atoms with Gasteiger partial charge in [-0.15, -0.1) is 11.8 Å². The van der Waals surface area contributed by atoms with E-state index < -0.39 is 0 Å². The molecule has 0 saturated carbocycles. The van der Waals surface area contributed by atoms with Crippen molar-refractivity contribution in [3.05, 3.63) is 47.8 Å². The number of benzene rings is 1. The Hall–Kier alpha value is -1.26. The zero-order valence-electron chi connectivity index (χ0n) is 12.0. The number of thioether (sulfide) groups is 1. The maximum atomic E-state index is 4.51. The highest BCUT2D eigenvalue weighted by Gasteiger charge is 2.22. The van der Waals surface area contributed by atoms with Crippen LogP contribution in [0.3, 0.4) is 0 Å². The van der Waals surface area contributed by atoms with Crippen LogP contribution in [-0.4, -0.2) is 21.6 Å². The zero-order chi connectivity index (χ0) is 13.9. The molecule has 3 rings (SSSR count). The lowest BCUT2D eigenvalue weighted by atomic mass is 10.1. The first-order valence-electron chi connectivity index (χ1n) is 7.26. The highest BCUT2D eigenvalue weighted by Crippen LogP contribution is 2.37. The Labute approximate surface area is 124 Å². The Balaban J connectivity index is 1.63. The number of rotatable bonds is 5. The maximum absolute atomic E-state index is 4.51. The van der Waals surface area contributed by atoms with Crippen LogP contribution in [0, 0.1) is 0 Å². The Morgan fingerprint density at radius 1 is 1.45 bits per heavy atom. The topological polar surface area (TPSA) is 29.9 Å². The molecule has 0 bridgehead atoms. The molecule has 4 heteroatoms. The first-order valence-corrected chi connectivity index (χ1v) is 8.14. The van der Waals surface area contributed by atoms with Crippen LogP contribution in [0.25, 0.3) is 0 Å². The molecule has 2 aromatic rings. The third-order valence-electron chi connectivity index (χ3n) is 3.77. The van der Waals surface area contributed by atoms with Crippen LogP contribution in [0.4, 0.5) is 0 Å². The summed E-state index contributed by atoms with van der Waals surface area (Å²) in [5.74, 6) is 0. The van der Waals surface area contributed by atoms with Gasteiger partial charge in [-0.2, -0.15) is 5.10 Å². The van der Waals surface area contributed by atoms with Crippen molar-refractivity contribution in [1.82, 2.24) is 15.1 Å². The van der Waals surface area contributed by atoms with Gasteiger partial charge in [0.05, 0.1) is 12.7 Å². The molecule has 0 spiro atoms. The van der Waals surface area contributed by atoms with E-state index in [4.69, 9.17) is 0 Å². The summed E-state index contributed by atoms with van der Waals surface area (Å²) in [7, 11) is 0. The molecule has 1 aromatic heterocycles. The smallest absolute Gasteiger partial charge is 0.0537 e. The van der Waals surface area contributed by atoms with Crippen molar-refractivity contribution in [3.63, 3.8) is 0 Å². The van der Waals surface area contributed by atoms with Gasteiger partial charge in [-0.3, -0.25) is 4.68 Å². The molecule has 1 N–H and O–H groups in total. The summed E-state index contributed by atoms with van der Waals surface area (Å²) >= 11 is 1.98. The van der Waals surface area contributed by atoms with Crippen molar-refractivity contribution in [2.75, 3.05) is 6.54 Å². The zero-order valence-corrected chi connectivity index (χ0v) is 12.9. The number of aromatic nitrogens is 2. The number of fused-ring (bicyclic) bond motifs is 1. The molecule has 2 atom stereocenters. The van der Waals surface area contributed by atoms with Crippen molar-refractivity contribution in [2.45, 2.75) is 43.0 Å². The molecule has 106 valence electrons. The molecule has 2 heterocycles. The van der Waals surface area contributed by atoms with Gasteiger partial charge in [-0.25, -0.2) is 0 Å². The second kappa shape index (κ2) is 6.02. The van der Waals surface area contributed by atoms with Crippen LogP contribution in [0.5, 0.6) is 0 Å². The molecule has 0 fully saturated rings. The lowest BCUT2D eigenvalue weighted by molar-refractivity contribution is 0.583. The maximum Gasteiger partial charge on any atom is 0.0537 e. The molecule has 3 nitrogen and oxygen atoms in total. The van der Waals surface area contributed by atoms with Crippen LogP contribution in [0.2, 0.25) is 0 Å². The Kier molecular flexibility index (Phi) is 4.13. The molecule has 20 heavy (non-hydrogen) atoms. The number of nitrogens with zero attached hydrogens (tertiary/aromatic N) is 2. The summed E-state index contributed by atoms with van der Waals surface area (Å²) in [6, 6.07) is 9.10. The van der Waals surface area contributed by atoms with Crippen LogP contribution in [0.1, 0.15) is 31.0 Å². The normalized spacial score (nSPS) is 19.0. The quantitative estimate of drug-likeness (QED) is 0.915. The summed E-state index contributed by atoms with van der Waals surface area (Å²) in [6.07, 6.45) is 5.32. The van der Waals surface area contributed by atoms with Crippen molar-refractivity contribution in [1.29, 1.82) is 0 Å². The van der Waals surface area contributed by atoms with Gasteiger partial charge >= 0.3 is 0 Å². The van der Waals surface area contributed by atoms with E-state index >= 15 is 0 Å². The van der Waals surface area contributed by atoms with Crippen molar-refractivity contribution < 1.29 is 0 Å². The van der Waals surface area contributed by atoms with Crippen molar-refractivity contribution in [2.24, 2.45) is 0 Å². The number of hydrogen-bond acceptors (Lipinski definition) is 3. The van der Waals surface area contributed by atoms with E-state index in [1.54, 1.807) is 0 Å². The molecule has 1 aliphatic heterocycles. The van der Waals surface area contributed by atoms with Gasteiger partial charge in [0, 0.05) is 27.9 Å². The van der Waals surface area contributed by atoms with Gasteiger partial charge in [0.15, 0.2) is 0 Å². The van der Waals surface area contributed by atoms with E-state index in [-0.39, 0.29) is 0 Å². The molecule has 1 aliphatic rings. The third-order valence-corrected chi connectivity index (χ3v) is 5.07. The van der Waals surface area contributed by atoms with E-state index in [1.807, 2.05) is 18.0 Å². The van der Waals surface area contributed by atoms with E-state index in [0.717, 1.165) is 19.5 Å². The molecule has 1 aromatic carbocycles. The molecular weight excluding hydrogens is 266 g/mol. The van der Waals surface area contributed by atoms with E-state index in [2.05, 4.69) is 59.4 Å². The summed E-state index contributed by atoms with van der Waals surface area (Å²) in [4.78, 5) is 1.44. The first-order chi connectivity index (χ1) is 9.76. The van der Waals surface area contributed by atoms with Gasteiger partial charge in [0.2, 0.25) is 0 Å². The van der Waals surface area contributed by atoms with E-state index in [9.17, 15) is 0 Å². The monoisotopic (exact) mass is 287 g/mol. The summed E-state index contributed by atoms with van der Waals surface area (Å²) in [6.45, 7) is 6.29. The summed E-state index contributed by atoms with van der Waals surface area (Å²) in [5.41, 5.74) is 2.75. The Morgan fingerprint density at radius 3 is 3.10 bits per heavy atom. The highest BCUT2D eigenvalue weighted by molar-refractivity contribution is 8.00. The molecule has 0 saturated heterocycles. The van der Waals surface area contributed by atoms with Crippen molar-refractivity contribution >= 4 is 11.8 Å². The molecule has 0 aliphatic carbocycles. The van der Waals surface area contributed by atoms with E-state index in [0.29, 0.717) is 11.3 Å². The van der Waals surface area contributed by atoms with Crippen LogP contribution >= 0.6 is 11.8 Å². The fourth-order valence-electron chi connectivity index (χ4n) is 2.69. The molecule has 2 unspecified atom stereocenters. The fourth-order valence-corrected chi connectivity index (χ4v) is 4.00. The largest absolute Gasteiger partial charge is 0.310 e. The summed E-state index contributed by atoms with van der Waals surface area (Å²) < 4.78 is 2.09.